The highest BCUT2D eigenvalue weighted by molar-refractivity contribution is 5.78. The number of hydrogen-bond donors (Lipinski definition) is 1. The molecule has 7 heteroatoms. The SMILES string of the molecule is COC(OC)[C@H](NC(=O)COc1ccccc1F)c1cccnc1. The van der Waals surface area contributed by atoms with Crippen molar-refractivity contribution in [3.8, 4) is 5.75 Å². The van der Waals surface area contributed by atoms with Gasteiger partial charge in [0.05, 0.1) is 0 Å². The van der Waals surface area contributed by atoms with Crippen molar-refractivity contribution in [1.82, 2.24) is 10.3 Å². The smallest absolute Gasteiger partial charge is 0.258 e. The molecule has 1 N–H and O–H groups in total. The molecule has 2 rings (SSSR count). The molecule has 0 unspecified atom stereocenters. The number of carbonyl (C=O) groups is 1. The lowest BCUT2D eigenvalue weighted by molar-refractivity contribution is -0.139. The van der Waals surface area contributed by atoms with Gasteiger partial charge in [0, 0.05) is 26.6 Å². The van der Waals surface area contributed by atoms with Crippen molar-refractivity contribution in [2.75, 3.05) is 20.8 Å². The number of ether oxygens (including phenoxy) is 3. The fourth-order valence-electron chi connectivity index (χ4n) is 2.16. The average Bonchev–Trinajstić information content (AvgIpc) is 2.62. The van der Waals surface area contributed by atoms with Gasteiger partial charge in [0.15, 0.2) is 24.5 Å². The van der Waals surface area contributed by atoms with Crippen molar-refractivity contribution in [1.29, 1.82) is 0 Å². The number of nitrogens with one attached hydrogen (secondary N) is 1. The van der Waals surface area contributed by atoms with Crippen LogP contribution in [0.3, 0.4) is 0 Å². The summed E-state index contributed by atoms with van der Waals surface area (Å²) < 4.78 is 29.2. The molecule has 24 heavy (non-hydrogen) atoms. The molecule has 6 nitrogen and oxygen atoms in total. The van der Waals surface area contributed by atoms with E-state index in [0.717, 1.165) is 0 Å². The van der Waals surface area contributed by atoms with Crippen LogP contribution in [-0.4, -0.2) is 38.0 Å². The van der Waals surface area contributed by atoms with E-state index in [4.69, 9.17) is 14.2 Å². The van der Waals surface area contributed by atoms with Crippen molar-refractivity contribution in [2.24, 2.45) is 0 Å². The van der Waals surface area contributed by atoms with Crippen LogP contribution in [0.1, 0.15) is 11.6 Å². The quantitative estimate of drug-likeness (QED) is 0.749. The fourth-order valence-corrected chi connectivity index (χ4v) is 2.16. The Hall–Kier alpha value is -2.51. The minimum Gasteiger partial charge on any atom is -0.481 e. The second-order valence-electron chi connectivity index (χ2n) is 4.89. The summed E-state index contributed by atoms with van der Waals surface area (Å²) >= 11 is 0. The maximum atomic E-state index is 13.5. The van der Waals surface area contributed by atoms with Crippen LogP contribution in [0.25, 0.3) is 0 Å². The van der Waals surface area contributed by atoms with Crippen LogP contribution < -0.4 is 10.1 Å². The molecule has 0 aliphatic rings. The Morgan fingerprint density at radius 3 is 2.58 bits per heavy atom. The van der Waals surface area contributed by atoms with Gasteiger partial charge in [-0.25, -0.2) is 4.39 Å². The van der Waals surface area contributed by atoms with Crippen molar-refractivity contribution >= 4 is 5.91 Å². The largest absolute Gasteiger partial charge is 0.481 e. The highest BCUT2D eigenvalue weighted by atomic mass is 19.1. The summed E-state index contributed by atoms with van der Waals surface area (Å²) in [5.41, 5.74) is 0.713. The monoisotopic (exact) mass is 334 g/mol. The Labute approximate surface area is 139 Å². The molecule has 0 aliphatic heterocycles. The molecular formula is C17H19FN2O4. The van der Waals surface area contributed by atoms with Crippen LogP contribution in [0.2, 0.25) is 0 Å². The molecule has 1 aromatic carbocycles. The van der Waals surface area contributed by atoms with Gasteiger partial charge in [0.2, 0.25) is 0 Å². The lowest BCUT2D eigenvalue weighted by Gasteiger charge is -2.25. The van der Waals surface area contributed by atoms with E-state index >= 15 is 0 Å². The number of aromatic nitrogens is 1. The molecule has 0 aliphatic carbocycles. The molecule has 0 radical (unpaired) electrons. The maximum Gasteiger partial charge on any atom is 0.258 e. The summed E-state index contributed by atoms with van der Waals surface area (Å²) in [4.78, 5) is 16.2. The molecular weight excluding hydrogens is 315 g/mol. The summed E-state index contributed by atoms with van der Waals surface area (Å²) in [5.74, 6) is -0.951. The Kier molecular flexibility index (Phi) is 6.65. The lowest BCUT2D eigenvalue weighted by atomic mass is 10.1. The fraction of sp³-hybridized carbons (Fsp3) is 0.294. The third-order valence-electron chi connectivity index (χ3n) is 3.29. The molecule has 0 saturated heterocycles. The number of para-hydroxylation sites is 1. The molecule has 0 fully saturated rings. The summed E-state index contributed by atoms with van der Waals surface area (Å²) in [6, 6.07) is 8.84. The number of carbonyl (C=O) groups excluding carboxylic acids is 1. The summed E-state index contributed by atoms with van der Waals surface area (Å²) in [5, 5.41) is 2.75. The maximum absolute atomic E-state index is 13.5. The Bertz CT molecular complexity index is 650. The van der Waals surface area contributed by atoms with Crippen molar-refractivity contribution in [3.63, 3.8) is 0 Å². The Morgan fingerprint density at radius 2 is 1.96 bits per heavy atom. The summed E-state index contributed by atoms with van der Waals surface area (Å²) in [7, 11) is 2.94. The van der Waals surface area contributed by atoms with Crippen LogP contribution >= 0.6 is 0 Å². The van der Waals surface area contributed by atoms with Crippen molar-refractivity contribution in [2.45, 2.75) is 12.3 Å². The van der Waals surface area contributed by atoms with Crippen LogP contribution in [-0.2, 0) is 14.3 Å². The van der Waals surface area contributed by atoms with Crippen LogP contribution in [0, 0.1) is 5.82 Å². The number of rotatable bonds is 8. The minimum absolute atomic E-state index is 0.0145. The van der Waals surface area contributed by atoms with Gasteiger partial charge in [-0.2, -0.15) is 0 Å². The van der Waals surface area contributed by atoms with Gasteiger partial charge in [-0.3, -0.25) is 9.78 Å². The number of methoxy groups -OCH3 is 2. The first-order valence-electron chi connectivity index (χ1n) is 7.28. The van der Waals surface area contributed by atoms with E-state index in [1.54, 1.807) is 36.7 Å². The van der Waals surface area contributed by atoms with Gasteiger partial charge in [0.25, 0.3) is 5.91 Å². The molecule has 1 aromatic heterocycles. The minimum atomic E-state index is -0.702. The number of halogens is 1. The number of nitrogens with zero attached hydrogens (tertiary/aromatic N) is 1. The number of pyridine rings is 1. The summed E-state index contributed by atoms with van der Waals surface area (Å²) in [6.07, 6.45) is 2.53. The second-order valence-corrected chi connectivity index (χ2v) is 4.89. The summed E-state index contributed by atoms with van der Waals surface area (Å²) in [6.45, 7) is -0.335. The van der Waals surface area contributed by atoms with Crippen LogP contribution in [0.15, 0.2) is 48.8 Å². The standard InChI is InChI=1S/C17H19FN2O4/c1-22-17(23-2)16(12-6-5-9-19-10-12)20-15(21)11-24-14-8-4-3-7-13(14)18/h3-10,16-17H,11H2,1-2H3,(H,20,21)/t16-/m1/s1. The number of amides is 1. The van der Waals surface area contributed by atoms with E-state index in [9.17, 15) is 9.18 Å². The van der Waals surface area contributed by atoms with E-state index < -0.39 is 24.1 Å². The van der Waals surface area contributed by atoms with Crippen molar-refractivity contribution in [3.05, 3.63) is 60.2 Å². The molecule has 1 amide bonds. The van der Waals surface area contributed by atoms with E-state index in [2.05, 4.69) is 10.3 Å². The Balaban J connectivity index is 2.03. The van der Waals surface area contributed by atoms with Gasteiger partial charge in [-0.05, 0) is 23.8 Å². The third kappa shape index (κ3) is 4.74. The van der Waals surface area contributed by atoms with Gasteiger partial charge in [-0.1, -0.05) is 18.2 Å². The molecule has 0 spiro atoms. The zero-order valence-corrected chi connectivity index (χ0v) is 13.4. The van der Waals surface area contributed by atoms with Gasteiger partial charge in [-0.15, -0.1) is 0 Å². The zero-order valence-electron chi connectivity index (χ0n) is 13.4. The van der Waals surface area contributed by atoms with Crippen molar-refractivity contribution < 1.29 is 23.4 Å². The van der Waals surface area contributed by atoms with Gasteiger partial charge in [0.1, 0.15) is 6.04 Å². The van der Waals surface area contributed by atoms with Gasteiger partial charge >= 0.3 is 0 Å². The Morgan fingerprint density at radius 1 is 1.21 bits per heavy atom. The van der Waals surface area contributed by atoms with Crippen LogP contribution in [0.5, 0.6) is 5.75 Å². The topological polar surface area (TPSA) is 69.7 Å². The molecule has 0 saturated carbocycles. The molecule has 0 bridgehead atoms. The molecule has 1 atom stereocenters. The zero-order chi connectivity index (χ0) is 17.4. The lowest BCUT2D eigenvalue weighted by Crippen LogP contribution is -2.40. The number of benzene rings is 1. The van der Waals surface area contributed by atoms with E-state index in [1.165, 1.54) is 26.4 Å². The average molecular weight is 334 g/mol. The first kappa shape index (κ1) is 17.8. The molecule has 2 aromatic rings. The highest BCUT2D eigenvalue weighted by Crippen LogP contribution is 2.19. The van der Waals surface area contributed by atoms with E-state index in [1.807, 2.05) is 0 Å². The second kappa shape index (κ2) is 8.95. The van der Waals surface area contributed by atoms with Crippen LogP contribution in [0.4, 0.5) is 4.39 Å². The first-order chi connectivity index (χ1) is 11.7. The molecule has 128 valence electrons. The van der Waals surface area contributed by atoms with Gasteiger partial charge < -0.3 is 19.5 Å². The predicted molar refractivity (Wildman–Crippen MR) is 84.8 cm³/mol. The normalized spacial score (nSPS) is 12.0. The van der Waals surface area contributed by atoms with E-state index in [-0.39, 0.29) is 12.4 Å². The highest BCUT2D eigenvalue weighted by Gasteiger charge is 2.25. The van der Waals surface area contributed by atoms with E-state index in [0.29, 0.717) is 5.56 Å². The number of hydrogen-bond acceptors (Lipinski definition) is 5. The molecule has 1 heterocycles. The third-order valence-corrected chi connectivity index (χ3v) is 3.29. The first-order valence-corrected chi connectivity index (χ1v) is 7.28. The predicted octanol–water partition coefficient (Wildman–Crippen LogP) is 2.08.